The lowest BCUT2D eigenvalue weighted by Crippen LogP contribution is -2.55. The van der Waals surface area contributed by atoms with Crippen LogP contribution in [-0.4, -0.2) is 22.6 Å². The van der Waals surface area contributed by atoms with Crippen LogP contribution in [0.5, 0.6) is 0 Å². The molecule has 0 radical (unpaired) electrons. The zero-order valence-corrected chi connectivity index (χ0v) is 11.9. The second-order valence-electron chi connectivity index (χ2n) is 5.31. The number of rotatable bonds is 4. The van der Waals surface area contributed by atoms with Crippen molar-refractivity contribution in [2.75, 3.05) is 0 Å². The monoisotopic (exact) mass is 296 g/mol. The summed E-state index contributed by atoms with van der Waals surface area (Å²) < 4.78 is 0. The van der Waals surface area contributed by atoms with Gasteiger partial charge in [0.05, 0.1) is 0 Å². The molecule has 1 aromatic rings. The molecule has 20 heavy (non-hydrogen) atoms. The van der Waals surface area contributed by atoms with Crippen molar-refractivity contribution in [3.8, 4) is 0 Å². The van der Waals surface area contributed by atoms with Gasteiger partial charge >= 0.3 is 12.0 Å². The third kappa shape index (κ3) is 3.22. The van der Waals surface area contributed by atoms with E-state index in [4.69, 9.17) is 11.6 Å². The molecule has 108 valence electrons. The number of aliphatic carboxylic acids is 1. The number of hydrogen-bond donors (Lipinski definition) is 3. The maximum Gasteiger partial charge on any atom is 0.331 e. The van der Waals surface area contributed by atoms with E-state index in [0.29, 0.717) is 10.6 Å². The van der Waals surface area contributed by atoms with E-state index < -0.39 is 18.0 Å². The zero-order chi connectivity index (χ0) is 14.8. The minimum Gasteiger partial charge on any atom is -0.479 e. The Hall–Kier alpha value is -1.75. The number of benzene rings is 1. The minimum atomic E-state index is -1.16. The van der Waals surface area contributed by atoms with Crippen molar-refractivity contribution < 1.29 is 14.7 Å². The van der Waals surface area contributed by atoms with Gasteiger partial charge in [0, 0.05) is 16.1 Å². The Morgan fingerprint density at radius 1 is 1.35 bits per heavy atom. The molecule has 0 heterocycles. The van der Waals surface area contributed by atoms with Crippen LogP contribution in [0.25, 0.3) is 0 Å². The molecule has 6 heteroatoms. The average Bonchev–Trinajstić information content (AvgIpc) is 2.35. The summed E-state index contributed by atoms with van der Waals surface area (Å²) in [6, 6.07) is 4.93. The first-order chi connectivity index (χ1) is 9.41. The Balaban J connectivity index is 2.08. The van der Waals surface area contributed by atoms with Crippen molar-refractivity contribution in [2.45, 2.75) is 37.8 Å². The Morgan fingerprint density at radius 3 is 2.50 bits per heavy atom. The summed E-state index contributed by atoms with van der Waals surface area (Å²) in [5, 5.41) is 14.9. The van der Waals surface area contributed by atoms with Crippen LogP contribution in [0.3, 0.4) is 0 Å². The summed E-state index contributed by atoms with van der Waals surface area (Å²) in [6.45, 7) is 1.95. The summed E-state index contributed by atoms with van der Waals surface area (Å²) in [4.78, 5) is 23.3. The van der Waals surface area contributed by atoms with E-state index >= 15 is 0 Å². The molecule has 2 rings (SSSR count). The van der Waals surface area contributed by atoms with Gasteiger partial charge in [-0.15, -0.1) is 0 Å². The van der Waals surface area contributed by atoms with Crippen LogP contribution in [0.2, 0.25) is 5.02 Å². The van der Waals surface area contributed by atoms with Crippen LogP contribution in [0.4, 0.5) is 4.79 Å². The maximum absolute atomic E-state index is 11.9. The topological polar surface area (TPSA) is 78.4 Å². The predicted molar refractivity (Wildman–Crippen MR) is 75.8 cm³/mol. The first kappa shape index (κ1) is 14.7. The number of halogens is 1. The fraction of sp³-hybridized carbons (Fsp3) is 0.429. The Kier molecular flexibility index (Phi) is 4.18. The molecule has 1 saturated carbocycles. The summed E-state index contributed by atoms with van der Waals surface area (Å²) in [5.41, 5.74) is 0.142. The van der Waals surface area contributed by atoms with E-state index in [1.807, 2.05) is 6.92 Å². The van der Waals surface area contributed by atoms with Crippen LogP contribution in [0.15, 0.2) is 24.3 Å². The van der Waals surface area contributed by atoms with Crippen molar-refractivity contribution in [2.24, 2.45) is 0 Å². The molecular weight excluding hydrogens is 280 g/mol. The number of carbonyl (C=O) groups excluding carboxylic acids is 1. The van der Waals surface area contributed by atoms with E-state index in [-0.39, 0.29) is 5.54 Å². The van der Waals surface area contributed by atoms with Gasteiger partial charge in [0.15, 0.2) is 6.04 Å². The molecule has 1 aromatic carbocycles. The molecule has 0 spiro atoms. The summed E-state index contributed by atoms with van der Waals surface area (Å²) in [6.07, 6.45) is 2.89. The quantitative estimate of drug-likeness (QED) is 0.799. The number of carboxylic acid groups (broad SMARTS) is 1. The van der Waals surface area contributed by atoms with Gasteiger partial charge in [0.25, 0.3) is 0 Å². The van der Waals surface area contributed by atoms with Gasteiger partial charge in [0.2, 0.25) is 0 Å². The second-order valence-corrected chi connectivity index (χ2v) is 5.71. The molecule has 1 atom stereocenters. The lowest BCUT2D eigenvalue weighted by atomic mass is 9.79. The van der Waals surface area contributed by atoms with Crippen molar-refractivity contribution in [3.63, 3.8) is 0 Å². The molecule has 0 unspecified atom stereocenters. The molecule has 1 fully saturated rings. The van der Waals surface area contributed by atoms with E-state index in [2.05, 4.69) is 10.6 Å². The zero-order valence-electron chi connectivity index (χ0n) is 11.1. The number of amides is 2. The number of carbonyl (C=O) groups is 2. The third-order valence-electron chi connectivity index (χ3n) is 3.61. The van der Waals surface area contributed by atoms with Crippen LogP contribution in [-0.2, 0) is 4.79 Å². The fourth-order valence-corrected chi connectivity index (χ4v) is 2.50. The Morgan fingerprint density at radius 2 is 2.00 bits per heavy atom. The predicted octanol–water partition coefficient (Wildman–Crippen LogP) is 2.71. The molecule has 2 amide bonds. The summed E-state index contributed by atoms with van der Waals surface area (Å²) >= 11 is 5.98. The Bertz CT molecular complexity index is 529. The number of carboxylic acids is 1. The lowest BCUT2D eigenvalue weighted by Gasteiger charge is -2.39. The minimum absolute atomic E-state index is 0.229. The fourth-order valence-electron chi connectivity index (χ4n) is 2.26. The lowest BCUT2D eigenvalue weighted by molar-refractivity contribution is -0.139. The molecule has 1 aliphatic rings. The van der Waals surface area contributed by atoms with E-state index in [1.54, 1.807) is 24.3 Å². The largest absolute Gasteiger partial charge is 0.479 e. The molecule has 5 nitrogen and oxygen atoms in total. The van der Waals surface area contributed by atoms with Gasteiger partial charge in [-0.2, -0.15) is 0 Å². The summed E-state index contributed by atoms with van der Waals surface area (Å²) in [7, 11) is 0. The molecule has 1 aliphatic carbocycles. The molecule has 0 saturated heterocycles. The van der Waals surface area contributed by atoms with Crippen LogP contribution < -0.4 is 10.6 Å². The van der Waals surface area contributed by atoms with Crippen LogP contribution >= 0.6 is 11.6 Å². The second kappa shape index (κ2) is 5.71. The van der Waals surface area contributed by atoms with Gasteiger partial charge < -0.3 is 15.7 Å². The Labute approximate surface area is 122 Å². The first-order valence-electron chi connectivity index (χ1n) is 6.47. The van der Waals surface area contributed by atoms with Gasteiger partial charge in [-0.25, -0.2) is 9.59 Å². The van der Waals surface area contributed by atoms with Gasteiger partial charge in [-0.3, -0.25) is 0 Å². The van der Waals surface area contributed by atoms with Crippen LogP contribution in [0.1, 0.15) is 37.8 Å². The highest BCUT2D eigenvalue weighted by Crippen LogP contribution is 2.31. The maximum atomic E-state index is 11.9. The standard InChI is InChI=1S/C14H17ClN2O3/c1-14(7-4-8-14)17-13(20)16-11(12(18)19)9-5-2-3-6-10(9)15/h2-3,5-6,11H,4,7-8H2,1H3,(H,18,19)(H2,16,17,20)/t11-/m1/s1. The summed E-state index contributed by atoms with van der Waals surface area (Å²) in [5.74, 6) is -1.15. The number of nitrogens with one attached hydrogen (secondary N) is 2. The van der Waals surface area contributed by atoms with E-state index in [0.717, 1.165) is 19.3 Å². The third-order valence-corrected chi connectivity index (χ3v) is 3.96. The molecular formula is C14H17ClN2O3. The van der Waals surface area contributed by atoms with Gasteiger partial charge in [-0.05, 0) is 32.3 Å². The van der Waals surface area contributed by atoms with Crippen LogP contribution in [0, 0.1) is 0 Å². The number of hydrogen-bond acceptors (Lipinski definition) is 2. The molecule has 0 aliphatic heterocycles. The highest BCUT2D eigenvalue weighted by molar-refractivity contribution is 6.31. The van der Waals surface area contributed by atoms with Gasteiger partial charge in [-0.1, -0.05) is 29.8 Å². The van der Waals surface area contributed by atoms with Crippen molar-refractivity contribution in [1.29, 1.82) is 0 Å². The molecule has 0 bridgehead atoms. The van der Waals surface area contributed by atoms with E-state index in [9.17, 15) is 14.7 Å². The van der Waals surface area contributed by atoms with Crippen molar-refractivity contribution in [1.82, 2.24) is 10.6 Å². The average molecular weight is 297 g/mol. The SMILES string of the molecule is CC1(NC(=O)N[C@@H](C(=O)O)c2ccccc2Cl)CCC1. The highest BCUT2D eigenvalue weighted by atomic mass is 35.5. The van der Waals surface area contributed by atoms with Gasteiger partial charge in [0.1, 0.15) is 0 Å². The smallest absolute Gasteiger partial charge is 0.331 e. The van der Waals surface area contributed by atoms with Crippen molar-refractivity contribution >= 4 is 23.6 Å². The highest BCUT2D eigenvalue weighted by Gasteiger charge is 2.34. The molecule has 3 N–H and O–H groups in total. The van der Waals surface area contributed by atoms with Crippen molar-refractivity contribution in [3.05, 3.63) is 34.9 Å². The molecule has 0 aromatic heterocycles. The number of urea groups is 1. The first-order valence-corrected chi connectivity index (χ1v) is 6.85. The normalized spacial score (nSPS) is 17.7. The van der Waals surface area contributed by atoms with E-state index in [1.165, 1.54) is 0 Å².